The molecule has 0 aliphatic rings. The molecule has 1 aromatic heterocycles. The minimum atomic E-state index is 0.587. The summed E-state index contributed by atoms with van der Waals surface area (Å²) in [6.45, 7) is 0. The number of rotatable bonds is 1. The zero-order chi connectivity index (χ0) is 7.68. The Morgan fingerprint density at radius 3 is 3.18 bits per heavy atom. The van der Waals surface area contributed by atoms with Gasteiger partial charge in [-0.15, -0.1) is 5.10 Å². The van der Waals surface area contributed by atoms with Crippen molar-refractivity contribution in [3.8, 4) is 0 Å². The Morgan fingerprint density at radius 1 is 1.45 bits per heavy atom. The SMILES string of the molecule is [S]Cc1cccc2[nH]nnc12. The summed E-state index contributed by atoms with van der Waals surface area (Å²) in [4.78, 5) is 0. The Balaban J connectivity index is 2.79. The molecule has 0 bridgehead atoms. The molecule has 1 radical (unpaired) electrons. The molecule has 0 saturated heterocycles. The van der Waals surface area contributed by atoms with Crippen molar-refractivity contribution >= 4 is 23.7 Å². The highest BCUT2D eigenvalue weighted by molar-refractivity contribution is 7.79. The van der Waals surface area contributed by atoms with E-state index >= 15 is 0 Å². The summed E-state index contributed by atoms with van der Waals surface area (Å²) in [6.07, 6.45) is 0. The second-order valence-corrected chi connectivity index (χ2v) is 2.56. The lowest BCUT2D eigenvalue weighted by Gasteiger charge is -1.92. The number of hydrogen-bond acceptors (Lipinski definition) is 2. The summed E-state index contributed by atoms with van der Waals surface area (Å²) in [6, 6.07) is 5.85. The average Bonchev–Trinajstić information content (AvgIpc) is 2.50. The van der Waals surface area contributed by atoms with Crippen molar-refractivity contribution < 1.29 is 0 Å². The van der Waals surface area contributed by atoms with Crippen molar-refractivity contribution in [1.29, 1.82) is 0 Å². The number of hydrogen-bond donors (Lipinski definition) is 1. The fourth-order valence-corrected chi connectivity index (χ4v) is 1.28. The maximum Gasteiger partial charge on any atom is 0.116 e. The summed E-state index contributed by atoms with van der Waals surface area (Å²) in [7, 11) is 0. The second kappa shape index (κ2) is 2.54. The lowest BCUT2D eigenvalue weighted by molar-refractivity contribution is 0.958. The van der Waals surface area contributed by atoms with Gasteiger partial charge in [-0.25, -0.2) is 0 Å². The van der Waals surface area contributed by atoms with E-state index in [-0.39, 0.29) is 0 Å². The highest BCUT2D eigenvalue weighted by Gasteiger charge is 2.00. The van der Waals surface area contributed by atoms with Gasteiger partial charge in [0.2, 0.25) is 0 Å². The van der Waals surface area contributed by atoms with Crippen LogP contribution in [0, 0.1) is 0 Å². The molecule has 0 saturated carbocycles. The van der Waals surface area contributed by atoms with Gasteiger partial charge < -0.3 is 0 Å². The third-order valence-corrected chi connectivity index (χ3v) is 1.91. The van der Waals surface area contributed by atoms with E-state index in [1.54, 1.807) is 0 Å². The summed E-state index contributed by atoms with van der Waals surface area (Å²) < 4.78 is 0. The predicted molar refractivity (Wildman–Crippen MR) is 45.2 cm³/mol. The molecule has 0 unspecified atom stereocenters. The van der Waals surface area contributed by atoms with Crippen LogP contribution in [0.15, 0.2) is 18.2 Å². The average molecular weight is 164 g/mol. The normalized spacial score (nSPS) is 10.6. The molecule has 0 fully saturated rings. The Bertz CT molecular complexity index is 368. The molecule has 2 rings (SSSR count). The van der Waals surface area contributed by atoms with Gasteiger partial charge in [0.25, 0.3) is 0 Å². The molecule has 11 heavy (non-hydrogen) atoms. The Hall–Kier alpha value is -1.03. The molecule has 0 atom stereocenters. The summed E-state index contributed by atoms with van der Waals surface area (Å²) in [5.41, 5.74) is 2.90. The summed E-state index contributed by atoms with van der Waals surface area (Å²) in [5, 5.41) is 10.4. The van der Waals surface area contributed by atoms with Gasteiger partial charge in [-0.2, -0.15) is 0 Å². The number of nitrogens with zero attached hydrogens (tertiary/aromatic N) is 2. The zero-order valence-corrected chi connectivity index (χ0v) is 6.56. The van der Waals surface area contributed by atoms with Crippen LogP contribution in [-0.4, -0.2) is 15.4 Å². The molecule has 1 N–H and O–H groups in total. The first-order valence-electron chi connectivity index (χ1n) is 3.28. The number of nitrogens with one attached hydrogen (secondary N) is 1. The van der Waals surface area contributed by atoms with Crippen molar-refractivity contribution in [3.63, 3.8) is 0 Å². The van der Waals surface area contributed by atoms with Crippen molar-refractivity contribution in [3.05, 3.63) is 23.8 Å². The smallest absolute Gasteiger partial charge is 0.116 e. The van der Waals surface area contributed by atoms with Crippen molar-refractivity contribution in [1.82, 2.24) is 15.4 Å². The Kier molecular flexibility index (Phi) is 1.54. The summed E-state index contributed by atoms with van der Waals surface area (Å²) >= 11 is 4.93. The van der Waals surface area contributed by atoms with E-state index in [4.69, 9.17) is 12.6 Å². The molecule has 0 spiro atoms. The van der Waals surface area contributed by atoms with Crippen molar-refractivity contribution in [2.24, 2.45) is 0 Å². The Morgan fingerprint density at radius 2 is 2.36 bits per heavy atom. The standard InChI is InChI=1S/C7H6N3S/c11-4-5-2-1-3-6-7(5)9-10-8-6/h1-3H,4H2,(H,8,9,10). The highest BCUT2D eigenvalue weighted by atomic mass is 32.1. The van der Waals surface area contributed by atoms with E-state index < -0.39 is 0 Å². The van der Waals surface area contributed by atoms with E-state index in [9.17, 15) is 0 Å². The van der Waals surface area contributed by atoms with Crippen molar-refractivity contribution in [2.75, 3.05) is 0 Å². The number of aromatic nitrogens is 3. The van der Waals surface area contributed by atoms with E-state index in [0.29, 0.717) is 5.75 Å². The maximum atomic E-state index is 4.93. The number of aromatic amines is 1. The molecule has 1 aromatic carbocycles. The van der Waals surface area contributed by atoms with E-state index in [0.717, 1.165) is 16.6 Å². The highest BCUT2D eigenvalue weighted by Crippen LogP contribution is 2.14. The largest absolute Gasteiger partial charge is 0.258 e. The van der Waals surface area contributed by atoms with Crippen LogP contribution in [0.5, 0.6) is 0 Å². The maximum absolute atomic E-state index is 4.93. The molecule has 4 heteroatoms. The van der Waals surface area contributed by atoms with Gasteiger partial charge in [0.05, 0.1) is 5.52 Å². The monoisotopic (exact) mass is 164 g/mol. The van der Waals surface area contributed by atoms with Crippen LogP contribution in [0.25, 0.3) is 11.0 Å². The zero-order valence-electron chi connectivity index (χ0n) is 5.74. The van der Waals surface area contributed by atoms with Crippen LogP contribution in [0.3, 0.4) is 0 Å². The van der Waals surface area contributed by atoms with Gasteiger partial charge in [-0.05, 0) is 11.6 Å². The lowest BCUT2D eigenvalue weighted by atomic mass is 10.2. The van der Waals surface area contributed by atoms with Crippen molar-refractivity contribution in [2.45, 2.75) is 5.75 Å². The quantitative estimate of drug-likeness (QED) is 0.696. The number of fused-ring (bicyclic) bond motifs is 1. The van der Waals surface area contributed by atoms with Crippen LogP contribution in [0.1, 0.15) is 5.56 Å². The summed E-state index contributed by atoms with van der Waals surface area (Å²) in [5.74, 6) is 0.587. The van der Waals surface area contributed by atoms with E-state index in [1.807, 2.05) is 18.2 Å². The van der Waals surface area contributed by atoms with Crippen LogP contribution >= 0.6 is 12.6 Å². The van der Waals surface area contributed by atoms with E-state index in [1.165, 1.54) is 0 Å². The first-order chi connectivity index (χ1) is 5.42. The van der Waals surface area contributed by atoms with Gasteiger partial charge in [0.1, 0.15) is 5.52 Å². The Labute approximate surface area is 69.2 Å². The molecule has 55 valence electrons. The third-order valence-electron chi connectivity index (χ3n) is 1.60. The number of benzene rings is 1. The fraction of sp³-hybridized carbons (Fsp3) is 0.143. The predicted octanol–water partition coefficient (Wildman–Crippen LogP) is 1.66. The van der Waals surface area contributed by atoms with E-state index in [2.05, 4.69) is 15.4 Å². The molecule has 3 nitrogen and oxygen atoms in total. The fourth-order valence-electron chi connectivity index (χ4n) is 1.04. The molecule has 0 aliphatic heterocycles. The van der Waals surface area contributed by atoms with Gasteiger partial charge in [0.15, 0.2) is 0 Å². The van der Waals surface area contributed by atoms with Crippen LogP contribution < -0.4 is 0 Å². The molecule has 0 amide bonds. The minimum Gasteiger partial charge on any atom is -0.258 e. The van der Waals surface area contributed by atoms with Crippen LogP contribution in [0.2, 0.25) is 0 Å². The van der Waals surface area contributed by atoms with Crippen LogP contribution in [0.4, 0.5) is 0 Å². The topological polar surface area (TPSA) is 41.6 Å². The molecule has 1 heterocycles. The number of H-pyrrole nitrogens is 1. The lowest BCUT2D eigenvalue weighted by Crippen LogP contribution is -1.79. The molecule has 2 aromatic rings. The first-order valence-corrected chi connectivity index (χ1v) is 3.86. The molecule has 0 aliphatic carbocycles. The first kappa shape index (κ1) is 6.67. The van der Waals surface area contributed by atoms with Gasteiger partial charge in [-0.3, -0.25) is 5.10 Å². The van der Waals surface area contributed by atoms with Gasteiger partial charge in [0, 0.05) is 5.75 Å². The van der Waals surface area contributed by atoms with Gasteiger partial charge in [-0.1, -0.05) is 30.0 Å². The van der Waals surface area contributed by atoms with Crippen LogP contribution in [-0.2, 0) is 5.75 Å². The molecular formula is C7H6N3S. The molecular weight excluding hydrogens is 158 g/mol. The van der Waals surface area contributed by atoms with Gasteiger partial charge >= 0.3 is 0 Å². The minimum absolute atomic E-state index is 0.587. The second-order valence-electron chi connectivity index (χ2n) is 2.27. The third kappa shape index (κ3) is 0.991.